The van der Waals surface area contributed by atoms with Gasteiger partial charge in [-0.25, -0.2) is 0 Å². The van der Waals surface area contributed by atoms with Crippen LogP contribution in [0.1, 0.15) is 16.7 Å². The topological polar surface area (TPSA) is 60.8 Å². The van der Waals surface area contributed by atoms with Crippen molar-refractivity contribution in [2.75, 3.05) is 4.90 Å². The van der Waals surface area contributed by atoms with Crippen LogP contribution < -0.4 is 4.90 Å². The number of benzene rings is 4. The van der Waals surface area contributed by atoms with Crippen molar-refractivity contribution in [3.63, 3.8) is 0 Å². The molecule has 0 unspecified atom stereocenters. The maximum absolute atomic E-state index is 11.2. The van der Waals surface area contributed by atoms with Gasteiger partial charge in [0.05, 0.1) is 6.16 Å². The van der Waals surface area contributed by atoms with Crippen LogP contribution >= 0.6 is 7.60 Å². The zero-order valence-electron chi connectivity index (χ0n) is 18.1. The van der Waals surface area contributed by atoms with E-state index >= 15 is 0 Å². The van der Waals surface area contributed by atoms with Gasteiger partial charge in [0.1, 0.15) is 0 Å². The molecule has 0 fully saturated rings. The van der Waals surface area contributed by atoms with E-state index in [1.54, 1.807) is 12.1 Å². The standard InChI is InChI=1S/C27H26NO3P/c1-20-3-13-25(14-4-20)28(26-15-5-21(2)6-16-26)27-17-11-24(12-18-27)23-9-7-22(8-10-23)19-32(29,30)31/h3-18H,19H2,1-2H3,(H2,29,30,31). The van der Waals surface area contributed by atoms with Crippen LogP contribution in [0.25, 0.3) is 11.1 Å². The molecule has 4 aromatic carbocycles. The Bertz CT molecular complexity index is 1180. The van der Waals surface area contributed by atoms with Gasteiger partial charge in [0.25, 0.3) is 0 Å². The molecule has 0 saturated heterocycles. The Balaban J connectivity index is 1.65. The largest absolute Gasteiger partial charge is 0.329 e. The molecule has 32 heavy (non-hydrogen) atoms. The molecule has 0 aliphatic carbocycles. The van der Waals surface area contributed by atoms with Gasteiger partial charge >= 0.3 is 7.60 Å². The highest BCUT2D eigenvalue weighted by atomic mass is 31.2. The van der Waals surface area contributed by atoms with Crippen LogP contribution in [0, 0.1) is 13.8 Å². The fourth-order valence-electron chi connectivity index (χ4n) is 3.68. The average Bonchev–Trinajstić information content (AvgIpc) is 2.77. The third kappa shape index (κ3) is 5.35. The summed E-state index contributed by atoms with van der Waals surface area (Å²) in [6.45, 7) is 4.17. The van der Waals surface area contributed by atoms with E-state index in [0.29, 0.717) is 5.56 Å². The third-order valence-corrected chi connectivity index (χ3v) is 6.16. The Morgan fingerprint density at radius 3 is 1.31 bits per heavy atom. The lowest BCUT2D eigenvalue weighted by atomic mass is 10.0. The van der Waals surface area contributed by atoms with Gasteiger partial charge in [-0.15, -0.1) is 0 Å². The maximum atomic E-state index is 11.2. The molecular weight excluding hydrogens is 417 g/mol. The van der Waals surface area contributed by atoms with Gasteiger partial charge in [0, 0.05) is 17.1 Å². The summed E-state index contributed by atoms with van der Waals surface area (Å²) in [7, 11) is -4.06. The molecule has 4 nitrogen and oxygen atoms in total. The Kier molecular flexibility index (Phi) is 6.29. The molecule has 0 aliphatic rings. The Hall–Kier alpha value is -3.17. The van der Waals surface area contributed by atoms with Crippen molar-refractivity contribution in [2.45, 2.75) is 20.0 Å². The van der Waals surface area contributed by atoms with E-state index in [4.69, 9.17) is 9.79 Å². The van der Waals surface area contributed by atoms with E-state index in [1.165, 1.54) is 11.1 Å². The Morgan fingerprint density at radius 1 is 0.594 bits per heavy atom. The summed E-state index contributed by atoms with van der Waals surface area (Å²) >= 11 is 0. The molecule has 0 saturated carbocycles. The first kappa shape index (κ1) is 22.0. The number of anilines is 3. The number of nitrogens with zero attached hydrogens (tertiary/aromatic N) is 1. The van der Waals surface area contributed by atoms with Crippen LogP contribution in [-0.4, -0.2) is 9.79 Å². The lowest BCUT2D eigenvalue weighted by Crippen LogP contribution is -2.09. The highest BCUT2D eigenvalue weighted by molar-refractivity contribution is 7.50. The van der Waals surface area contributed by atoms with Gasteiger partial charge in [-0.05, 0) is 66.9 Å². The summed E-state index contributed by atoms with van der Waals surface area (Å²) in [6.07, 6.45) is -0.242. The summed E-state index contributed by atoms with van der Waals surface area (Å²) in [5.41, 5.74) is 8.35. The molecule has 4 rings (SSSR count). The molecule has 0 aromatic heterocycles. The zero-order chi connectivity index (χ0) is 22.7. The van der Waals surface area contributed by atoms with Crippen molar-refractivity contribution in [1.29, 1.82) is 0 Å². The van der Waals surface area contributed by atoms with Crippen LogP contribution in [0.5, 0.6) is 0 Å². The van der Waals surface area contributed by atoms with Gasteiger partial charge in [-0.1, -0.05) is 71.8 Å². The first-order valence-electron chi connectivity index (χ1n) is 10.5. The quantitative estimate of drug-likeness (QED) is 0.312. The first-order chi connectivity index (χ1) is 15.3. The van der Waals surface area contributed by atoms with E-state index in [-0.39, 0.29) is 6.16 Å². The van der Waals surface area contributed by atoms with Crippen LogP contribution in [0.4, 0.5) is 17.1 Å². The molecule has 0 radical (unpaired) electrons. The second-order valence-corrected chi connectivity index (χ2v) is 9.72. The van der Waals surface area contributed by atoms with Crippen LogP contribution in [0.15, 0.2) is 97.1 Å². The van der Waals surface area contributed by atoms with E-state index in [9.17, 15) is 4.57 Å². The van der Waals surface area contributed by atoms with Crippen LogP contribution in [-0.2, 0) is 10.7 Å². The summed E-state index contributed by atoms with van der Waals surface area (Å²) in [5.74, 6) is 0. The second kappa shape index (κ2) is 9.13. The SMILES string of the molecule is Cc1ccc(N(c2ccc(C)cc2)c2ccc(-c3ccc(CP(=O)(O)O)cc3)cc2)cc1. The van der Waals surface area contributed by atoms with Gasteiger partial charge in [-0.3, -0.25) is 4.57 Å². The highest BCUT2D eigenvalue weighted by Gasteiger charge is 2.14. The van der Waals surface area contributed by atoms with E-state index in [1.807, 2.05) is 12.1 Å². The normalized spacial score (nSPS) is 11.4. The van der Waals surface area contributed by atoms with Crippen LogP contribution in [0.2, 0.25) is 0 Å². The highest BCUT2D eigenvalue weighted by Crippen LogP contribution is 2.39. The van der Waals surface area contributed by atoms with E-state index < -0.39 is 7.60 Å². The minimum Gasteiger partial charge on any atom is -0.324 e. The predicted molar refractivity (Wildman–Crippen MR) is 132 cm³/mol. The Morgan fingerprint density at radius 2 is 0.938 bits per heavy atom. The van der Waals surface area contributed by atoms with Crippen molar-refractivity contribution < 1.29 is 14.4 Å². The molecule has 0 aliphatic heterocycles. The lowest BCUT2D eigenvalue weighted by molar-refractivity contribution is 0.371. The van der Waals surface area contributed by atoms with Crippen molar-refractivity contribution in [1.82, 2.24) is 0 Å². The number of hydrogen-bond acceptors (Lipinski definition) is 2. The summed E-state index contributed by atoms with van der Waals surface area (Å²) in [6, 6.07) is 32.7. The van der Waals surface area contributed by atoms with Gasteiger partial charge in [-0.2, -0.15) is 0 Å². The fraction of sp³-hybridized carbons (Fsp3) is 0.111. The second-order valence-electron chi connectivity index (χ2n) is 8.07. The molecule has 0 spiro atoms. The molecule has 0 bridgehead atoms. The smallest absolute Gasteiger partial charge is 0.324 e. The van der Waals surface area contributed by atoms with Crippen LogP contribution in [0.3, 0.4) is 0 Å². The van der Waals surface area contributed by atoms with E-state index in [0.717, 1.165) is 28.2 Å². The van der Waals surface area contributed by atoms with Gasteiger partial charge in [0.2, 0.25) is 0 Å². The van der Waals surface area contributed by atoms with Gasteiger partial charge in [0.15, 0.2) is 0 Å². The number of rotatable bonds is 6. The first-order valence-corrected chi connectivity index (χ1v) is 12.3. The number of aryl methyl sites for hydroxylation is 2. The molecular formula is C27H26NO3P. The Labute approximate surface area is 189 Å². The summed E-state index contributed by atoms with van der Waals surface area (Å²) < 4.78 is 11.2. The number of hydrogen-bond donors (Lipinski definition) is 2. The predicted octanol–water partition coefficient (Wildman–Crippen LogP) is 7.12. The molecule has 0 amide bonds. The monoisotopic (exact) mass is 443 g/mol. The lowest BCUT2D eigenvalue weighted by Gasteiger charge is -2.26. The minimum atomic E-state index is -4.06. The zero-order valence-corrected chi connectivity index (χ0v) is 19.0. The molecule has 4 aromatic rings. The molecule has 162 valence electrons. The molecule has 0 heterocycles. The third-order valence-electron chi connectivity index (χ3n) is 5.39. The average molecular weight is 443 g/mol. The van der Waals surface area contributed by atoms with Gasteiger partial charge < -0.3 is 14.7 Å². The summed E-state index contributed by atoms with van der Waals surface area (Å²) in [5, 5.41) is 0. The van der Waals surface area contributed by atoms with Crippen molar-refractivity contribution in [3.8, 4) is 11.1 Å². The minimum absolute atomic E-state index is 0.242. The van der Waals surface area contributed by atoms with E-state index in [2.05, 4.69) is 91.5 Å². The van der Waals surface area contributed by atoms with Crippen molar-refractivity contribution >= 4 is 24.7 Å². The molecule has 0 atom stereocenters. The maximum Gasteiger partial charge on any atom is 0.329 e. The fourth-order valence-corrected chi connectivity index (χ4v) is 4.36. The van der Waals surface area contributed by atoms with Crippen molar-refractivity contribution in [3.05, 3.63) is 114 Å². The molecule has 2 N–H and O–H groups in total. The van der Waals surface area contributed by atoms with Crippen molar-refractivity contribution in [2.24, 2.45) is 0 Å². The summed E-state index contributed by atoms with van der Waals surface area (Å²) in [4.78, 5) is 20.6. The molecule has 5 heteroatoms.